The number of hydrogen-bond acceptors (Lipinski definition) is 3. The van der Waals surface area contributed by atoms with Crippen LogP contribution in [0.15, 0.2) is 48.5 Å². The molecule has 0 heterocycles. The second-order valence-electron chi connectivity index (χ2n) is 5.58. The monoisotopic (exact) mass is 600 g/mol. The van der Waals surface area contributed by atoms with Gasteiger partial charge in [-0.25, -0.2) is 0 Å². The van der Waals surface area contributed by atoms with E-state index in [0.29, 0.717) is 0 Å². The van der Waals surface area contributed by atoms with Crippen LogP contribution in [0.5, 0.6) is 0 Å². The van der Waals surface area contributed by atoms with Crippen LogP contribution in [-0.2, 0) is 71.3 Å². The van der Waals surface area contributed by atoms with Crippen molar-refractivity contribution in [2.24, 2.45) is 0 Å². The Labute approximate surface area is 186 Å². The first kappa shape index (κ1) is 25.0. The van der Waals surface area contributed by atoms with E-state index >= 15 is 0 Å². The van der Waals surface area contributed by atoms with E-state index in [1.54, 1.807) is 11.1 Å². The van der Waals surface area contributed by atoms with E-state index in [0.717, 1.165) is 0 Å². The van der Waals surface area contributed by atoms with E-state index in [-0.39, 0.29) is 58.4 Å². The molecule has 0 aliphatic heterocycles. The number of rotatable bonds is 0. The van der Waals surface area contributed by atoms with Gasteiger partial charge in [0.05, 0.1) is 0 Å². The summed E-state index contributed by atoms with van der Waals surface area (Å²) >= 11 is 0. The summed E-state index contributed by atoms with van der Waals surface area (Å²) in [6, 6.07) is 18.0. The van der Waals surface area contributed by atoms with E-state index in [4.69, 9.17) is 15.1 Å². The molecule has 0 N–H and O–H groups in total. The Hall–Kier alpha value is -0.00494. The maximum absolute atomic E-state index is 8.42. The van der Waals surface area contributed by atoms with Gasteiger partial charge >= 0.3 is 0 Å². The van der Waals surface area contributed by atoms with Crippen LogP contribution in [0.1, 0.15) is 24.0 Å². The van der Waals surface area contributed by atoms with E-state index in [1.807, 2.05) is 0 Å². The van der Waals surface area contributed by atoms with Gasteiger partial charge in [0.25, 0.3) is 0 Å². The zero-order chi connectivity index (χ0) is 15.5. The van der Waals surface area contributed by atoms with Crippen LogP contribution in [-0.4, -0.2) is 7.32 Å². The molecule has 0 fully saturated rings. The molecule has 0 saturated carbocycles. The van der Waals surface area contributed by atoms with Gasteiger partial charge in [-0.3, -0.25) is 7.32 Å². The molecule has 1 aliphatic rings. The van der Waals surface area contributed by atoms with Gasteiger partial charge in [-0.2, -0.15) is 0 Å². The summed E-state index contributed by atoms with van der Waals surface area (Å²) in [5, 5.41) is 30.9. The second kappa shape index (κ2) is 11.7. The molecule has 1 aliphatic carbocycles. The zero-order valence-corrected chi connectivity index (χ0v) is 18.2. The van der Waals surface area contributed by atoms with Gasteiger partial charge in [0.2, 0.25) is 0 Å². The number of hydrogen-bond donors (Lipinski definition) is 0. The summed E-state index contributed by atoms with van der Waals surface area (Å²) < 4.78 is 0. The average molecular weight is 600 g/mol. The standard InChI is InChI=1S/C18H16.BO3.3Rh/c1-3-7-15-13(5-1)9-11-18-16-8-4-2-6-14(16)10-12-17(15)18;2-1(3)4;;;/h1,3,5,7,9-12H,2,4,6,8H2;;;;/q;-3;;;. The van der Waals surface area contributed by atoms with Crippen LogP contribution < -0.4 is 15.1 Å². The van der Waals surface area contributed by atoms with Crippen LogP contribution in [0.3, 0.4) is 0 Å². The van der Waals surface area contributed by atoms with E-state index in [2.05, 4.69) is 48.5 Å². The molecule has 7 heteroatoms. The Bertz CT molecular complexity index is 809. The van der Waals surface area contributed by atoms with Gasteiger partial charge in [-0.1, -0.05) is 48.5 Å². The molecule has 0 unspecified atom stereocenters. The predicted molar refractivity (Wildman–Crippen MR) is 83.9 cm³/mol. The van der Waals surface area contributed by atoms with Crippen LogP contribution in [0, 0.1) is 0 Å². The normalized spacial score (nSPS) is 11.8. The molecule has 25 heavy (non-hydrogen) atoms. The van der Waals surface area contributed by atoms with Gasteiger partial charge in [-0.15, -0.1) is 0 Å². The summed E-state index contributed by atoms with van der Waals surface area (Å²) in [6.45, 7) is 0. The zero-order valence-electron chi connectivity index (χ0n) is 13.2. The Balaban J connectivity index is 0.000000754. The summed E-state index contributed by atoms with van der Waals surface area (Å²) in [7, 11) is -2.92. The van der Waals surface area contributed by atoms with Crippen molar-refractivity contribution < 1.29 is 73.5 Å². The Morgan fingerprint density at radius 2 is 1.24 bits per heavy atom. The van der Waals surface area contributed by atoms with Crippen molar-refractivity contribution in [1.82, 2.24) is 0 Å². The van der Waals surface area contributed by atoms with Crippen LogP contribution >= 0.6 is 0 Å². The molecule has 0 bridgehead atoms. The van der Waals surface area contributed by atoms with Crippen LogP contribution in [0.25, 0.3) is 21.5 Å². The summed E-state index contributed by atoms with van der Waals surface area (Å²) in [6.07, 6.45) is 5.22. The first-order valence-electron chi connectivity index (χ1n) is 7.56. The van der Waals surface area contributed by atoms with E-state index < -0.39 is 7.32 Å². The summed E-state index contributed by atoms with van der Waals surface area (Å²) in [4.78, 5) is 0. The van der Waals surface area contributed by atoms with Crippen LogP contribution in [0.4, 0.5) is 0 Å². The molecule has 0 atom stereocenters. The molecule has 3 aromatic carbocycles. The summed E-state index contributed by atoms with van der Waals surface area (Å²) in [5.74, 6) is 0. The Kier molecular flexibility index (Phi) is 11.7. The SMILES string of the molecule is [O-]B([O-])[O-].[Rh].[Rh].[Rh].c1ccc2c(c1)ccc1c3c(ccc12)CCCC3. The third-order valence-corrected chi connectivity index (χ3v) is 4.26. The maximum atomic E-state index is 8.42. The van der Waals surface area contributed by atoms with Gasteiger partial charge in [0.1, 0.15) is 0 Å². The van der Waals surface area contributed by atoms with Gasteiger partial charge in [0, 0.05) is 58.4 Å². The first-order valence-corrected chi connectivity index (χ1v) is 7.56. The van der Waals surface area contributed by atoms with E-state index in [1.165, 1.54) is 47.2 Å². The minimum Gasteiger partial charge on any atom is -0.907 e. The summed E-state index contributed by atoms with van der Waals surface area (Å²) in [5.41, 5.74) is 3.17. The molecule has 3 nitrogen and oxygen atoms in total. The van der Waals surface area contributed by atoms with Crippen molar-refractivity contribution in [2.75, 3.05) is 0 Å². The number of benzene rings is 3. The average Bonchev–Trinajstić information content (AvgIpc) is 2.54. The van der Waals surface area contributed by atoms with Gasteiger partial charge in [-0.05, 0) is 58.4 Å². The molecule has 0 amide bonds. The van der Waals surface area contributed by atoms with Crippen molar-refractivity contribution in [1.29, 1.82) is 0 Å². The minimum atomic E-state index is -2.92. The number of fused-ring (bicyclic) bond motifs is 5. The number of aryl methyl sites for hydroxylation is 2. The van der Waals surface area contributed by atoms with Crippen LogP contribution in [0.2, 0.25) is 0 Å². The Morgan fingerprint density at radius 3 is 1.96 bits per heavy atom. The van der Waals surface area contributed by atoms with Crippen molar-refractivity contribution in [3.8, 4) is 0 Å². The molecule has 0 aromatic heterocycles. The third-order valence-electron chi connectivity index (χ3n) is 4.26. The molecule has 0 saturated heterocycles. The smallest absolute Gasteiger partial charge is 0 e. The first-order chi connectivity index (χ1) is 10.7. The van der Waals surface area contributed by atoms with Gasteiger partial charge < -0.3 is 15.1 Å². The maximum Gasteiger partial charge on any atom is 0 e. The Morgan fingerprint density at radius 1 is 0.640 bits per heavy atom. The predicted octanol–water partition coefficient (Wildman–Crippen LogP) is 0.917. The molecular weight excluding hydrogens is 584 g/mol. The van der Waals surface area contributed by atoms with Crippen molar-refractivity contribution in [3.63, 3.8) is 0 Å². The molecule has 3 radical (unpaired) electrons. The molecule has 4 rings (SSSR count). The third kappa shape index (κ3) is 6.00. The largest absolute Gasteiger partial charge is 0.907 e. The topological polar surface area (TPSA) is 69.2 Å². The van der Waals surface area contributed by atoms with Crippen molar-refractivity contribution in [3.05, 3.63) is 59.7 Å². The van der Waals surface area contributed by atoms with Crippen molar-refractivity contribution in [2.45, 2.75) is 25.7 Å². The van der Waals surface area contributed by atoms with E-state index in [9.17, 15) is 0 Å². The molecular formula is C18H16BO3Rh3-3. The quantitative estimate of drug-likeness (QED) is 0.285. The van der Waals surface area contributed by atoms with Gasteiger partial charge in [0.15, 0.2) is 0 Å². The minimum absolute atomic E-state index is 0. The fourth-order valence-corrected chi connectivity index (χ4v) is 3.34. The molecule has 139 valence electrons. The second-order valence-corrected chi connectivity index (χ2v) is 5.58. The molecule has 0 spiro atoms. The molecule has 3 aromatic rings. The fourth-order valence-electron chi connectivity index (χ4n) is 3.34. The fraction of sp³-hybridized carbons (Fsp3) is 0.222. The van der Waals surface area contributed by atoms with Crippen molar-refractivity contribution >= 4 is 28.9 Å².